The van der Waals surface area contributed by atoms with Gasteiger partial charge >= 0.3 is 0 Å². The lowest BCUT2D eigenvalue weighted by molar-refractivity contribution is -0.209. The van der Waals surface area contributed by atoms with Gasteiger partial charge in [-0.15, -0.1) is 0 Å². The number of nitrogens with two attached hydrogens (primary N) is 1. The zero-order valence-corrected chi connectivity index (χ0v) is 12.2. The second-order valence-corrected chi connectivity index (χ2v) is 7.77. The van der Waals surface area contributed by atoms with Crippen molar-refractivity contribution in [2.24, 2.45) is 27.4 Å². The van der Waals surface area contributed by atoms with Gasteiger partial charge in [0.2, 0.25) is 0 Å². The molecule has 0 saturated heterocycles. The molecule has 0 aromatic rings. The van der Waals surface area contributed by atoms with Crippen LogP contribution in [0.2, 0.25) is 0 Å². The number of aliphatic hydroxyl groups is 1. The van der Waals surface area contributed by atoms with Crippen LogP contribution in [0, 0.1) is 21.7 Å². The molecule has 0 bridgehead atoms. The minimum Gasteiger partial charge on any atom is -0.392 e. The molecule has 1 aliphatic rings. The van der Waals surface area contributed by atoms with Crippen molar-refractivity contribution in [3.8, 4) is 0 Å². The highest BCUT2D eigenvalue weighted by molar-refractivity contribution is 5.15. The van der Waals surface area contributed by atoms with Gasteiger partial charge in [0.05, 0.1) is 6.10 Å². The van der Waals surface area contributed by atoms with Crippen molar-refractivity contribution >= 4 is 0 Å². The maximum atomic E-state index is 10.7. The van der Waals surface area contributed by atoms with E-state index in [0.29, 0.717) is 0 Å². The van der Waals surface area contributed by atoms with E-state index in [2.05, 4.69) is 55.4 Å². The van der Waals surface area contributed by atoms with Gasteiger partial charge in [-0.1, -0.05) is 55.4 Å². The first-order valence-corrected chi connectivity index (χ1v) is 6.25. The number of aliphatic hydroxyl groups excluding tert-OH is 1. The fourth-order valence-corrected chi connectivity index (χ4v) is 3.31. The van der Waals surface area contributed by atoms with Gasteiger partial charge in [0.25, 0.3) is 0 Å². The quantitative estimate of drug-likeness (QED) is 0.668. The molecule has 0 atom stereocenters. The van der Waals surface area contributed by atoms with Crippen molar-refractivity contribution in [1.29, 1.82) is 0 Å². The monoisotopic (exact) mass is 227 g/mol. The van der Waals surface area contributed by atoms with Crippen molar-refractivity contribution in [3.63, 3.8) is 0 Å². The lowest BCUT2D eigenvalue weighted by Crippen LogP contribution is -2.70. The molecule has 1 rings (SSSR count). The maximum absolute atomic E-state index is 10.7. The van der Waals surface area contributed by atoms with Crippen LogP contribution in [0.5, 0.6) is 0 Å². The van der Waals surface area contributed by atoms with Crippen molar-refractivity contribution < 1.29 is 5.11 Å². The van der Waals surface area contributed by atoms with E-state index in [1.165, 1.54) is 0 Å². The third kappa shape index (κ3) is 1.32. The Balaban J connectivity index is 3.39. The van der Waals surface area contributed by atoms with Gasteiger partial charge < -0.3 is 10.8 Å². The molecule has 0 aromatic heterocycles. The second kappa shape index (κ2) is 3.23. The lowest BCUT2D eigenvalue weighted by atomic mass is 9.41. The molecule has 0 aliphatic heterocycles. The summed E-state index contributed by atoms with van der Waals surface area (Å²) in [5.74, 6) is 0. The third-order valence-corrected chi connectivity index (χ3v) is 6.24. The Bertz CT molecular complexity index is 231. The summed E-state index contributed by atoms with van der Waals surface area (Å²) in [5.41, 5.74) is 5.99. The van der Waals surface area contributed by atoms with Crippen LogP contribution in [-0.4, -0.2) is 17.3 Å². The van der Waals surface area contributed by atoms with E-state index < -0.39 is 0 Å². The lowest BCUT2D eigenvalue weighted by Gasteiger charge is -2.66. The first-order valence-electron chi connectivity index (χ1n) is 6.25. The zero-order chi connectivity index (χ0) is 13.2. The smallest absolute Gasteiger partial charge is 0.0653 e. The molecule has 96 valence electrons. The average molecular weight is 227 g/mol. The van der Waals surface area contributed by atoms with E-state index in [1.807, 2.05) is 0 Å². The highest BCUT2D eigenvalue weighted by Crippen LogP contribution is 2.62. The first-order chi connectivity index (χ1) is 6.81. The highest BCUT2D eigenvalue weighted by atomic mass is 16.3. The van der Waals surface area contributed by atoms with E-state index >= 15 is 0 Å². The summed E-state index contributed by atoms with van der Waals surface area (Å²) in [4.78, 5) is 0. The van der Waals surface area contributed by atoms with Crippen LogP contribution in [-0.2, 0) is 0 Å². The molecule has 0 spiro atoms. The second-order valence-electron chi connectivity index (χ2n) is 7.77. The van der Waals surface area contributed by atoms with Crippen molar-refractivity contribution in [2.75, 3.05) is 0 Å². The SMILES string of the molecule is CC1(C)C(N)C(C)(C)C(C)(C)C(O)C1(C)C. The van der Waals surface area contributed by atoms with Crippen LogP contribution in [0.4, 0.5) is 0 Å². The molecule has 0 amide bonds. The van der Waals surface area contributed by atoms with Gasteiger partial charge in [0.15, 0.2) is 0 Å². The van der Waals surface area contributed by atoms with Crippen LogP contribution in [0.1, 0.15) is 55.4 Å². The standard InChI is InChI=1S/C14H29NO/c1-11(2)9(15)12(3,4)14(7,8)10(16)13(11,5)6/h9-10,16H,15H2,1-8H3. The third-order valence-electron chi connectivity index (χ3n) is 6.24. The largest absolute Gasteiger partial charge is 0.392 e. The molecule has 16 heavy (non-hydrogen) atoms. The molecule has 0 heterocycles. The Kier molecular flexibility index (Phi) is 2.82. The van der Waals surface area contributed by atoms with Gasteiger partial charge in [-0.25, -0.2) is 0 Å². The summed E-state index contributed by atoms with van der Waals surface area (Å²) in [6, 6.07) is 0.0772. The van der Waals surface area contributed by atoms with E-state index in [1.54, 1.807) is 0 Å². The molecule has 0 radical (unpaired) electrons. The topological polar surface area (TPSA) is 46.2 Å². The Morgan fingerprint density at radius 2 is 0.938 bits per heavy atom. The molecule has 2 nitrogen and oxygen atoms in total. The van der Waals surface area contributed by atoms with E-state index in [0.717, 1.165) is 0 Å². The summed E-state index contributed by atoms with van der Waals surface area (Å²) in [5, 5.41) is 10.7. The predicted octanol–water partition coefficient (Wildman–Crippen LogP) is 2.79. The maximum Gasteiger partial charge on any atom is 0.0653 e. The molecule has 0 unspecified atom stereocenters. The summed E-state index contributed by atoms with van der Waals surface area (Å²) < 4.78 is 0. The summed E-state index contributed by atoms with van der Waals surface area (Å²) >= 11 is 0. The molecule has 2 heteroatoms. The minimum atomic E-state index is -0.343. The first kappa shape index (κ1) is 14.0. The van der Waals surface area contributed by atoms with Gasteiger partial charge in [-0.05, 0) is 21.7 Å². The van der Waals surface area contributed by atoms with E-state index in [-0.39, 0.29) is 33.8 Å². The summed E-state index contributed by atoms with van der Waals surface area (Å²) in [7, 11) is 0. The Hall–Kier alpha value is -0.0800. The van der Waals surface area contributed by atoms with E-state index in [4.69, 9.17) is 5.73 Å². The van der Waals surface area contributed by atoms with Gasteiger partial charge in [-0.3, -0.25) is 0 Å². The number of hydrogen-bond acceptors (Lipinski definition) is 2. The molecule has 1 fully saturated rings. The van der Waals surface area contributed by atoms with Crippen LogP contribution in [0.15, 0.2) is 0 Å². The van der Waals surface area contributed by atoms with Crippen molar-refractivity contribution in [3.05, 3.63) is 0 Å². The van der Waals surface area contributed by atoms with Gasteiger partial charge in [0.1, 0.15) is 0 Å². The summed E-state index contributed by atoms with van der Waals surface area (Å²) in [6.45, 7) is 17.2. The molecular weight excluding hydrogens is 198 g/mol. The highest BCUT2D eigenvalue weighted by Gasteiger charge is 2.64. The van der Waals surface area contributed by atoms with Gasteiger partial charge in [0, 0.05) is 6.04 Å². The zero-order valence-electron chi connectivity index (χ0n) is 12.2. The Morgan fingerprint density at radius 1 is 0.688 bits per heavy atom. The summed E-state index contributed by atoms with van der Waals surface area (Å²) in [6.07, 6.45) is -0.343. The van der Waals surface area contributed by atoms with Crippen molar-refractivity contribution in [1.82, 2.24) is 0 Å². The van der Waals surface area contributed by atoms with Crippen LogP contribution in [0.25, 0.3) is 0 Å². The molecule has 3 N–H and O–H groups in total. The number of rotatable bonds is 0. The average Bonchev–Trinajstić information content (AvgIpc) is 2.13. The molecule has 0 aromatic carbocycles. The molecular formula is C14H29NO. The normalized spacial score (nSPS) is 39.4. The number of hydrogen-bond donors (Lipinski definition) is 2. The predicted molar refractivity (Wildman–Crippen MR) is 69.1 cm³/mol. The molecule has 1 saturated carbocycles. The van der Waals surface area contributed by atoms with Gasteiger partial charge in [-0.2, -0.15) is 0 Å². The minimum absolute atomic E-state index is 0.0772. The fourth-order valence-electron chi connectivity index (χ4n) is 3.31. The van der Waals surface area contributed by atoms with Crippen LogP contribution in [0.3, 0.4) is 0 Å². The Morgan fingerprint density at radius 3 is 1.19 bits per heavy atom. The van der Waals surface area contributed by atoms with Crippen molar-refractivity contribution in [2.45, 2.75) is 67.5 Å². The van der Waals surface area contributed by atoms with Crippen LogP contribution >= 0.6 is 0 Å². The fraction of sp³-hybridized carbons (Fsp3) is 1.00. The van der Waals surface area contributed by atoms with Crippen LogP contribution < -0.4 is 5.73 Å². The molecule has 1 aliphatic carbocycles. The Labute approximate surface area is 101 Å². The van der Waals surface area contributed by atoms with E-state index in [9.17, 15) is 5.11 Å².